The van der Waals surface area contributed by atoms with Gasteiger partial charge < -0.3 is 9.73 Å². The highest BCUT2D eigenvalue weighted by atomic mass is 35.5. The molecule has 8 heteroatoms. The number of anilines is 1. The molecule has 0 bridgehead atoms. The van der Waals surface area contributed by atoms with Crippen molar-refractivity contribution in [1.29, 1.82) is 0 Å². The first-order valence-electron chi connectivity index (χ1n) is 8.82. The number of aromatic nitrogens is 1. The van der Waals surface area contributed by atoms with E-state index in [1.807, 2.05) is 54.8 Å². The molecule has 0 fully saturated rings. The van der Waals surface area contributed by atoms with Crippen molar-refractivity contribution in [2.45, 2.75) is 22.9 Å². The number of hydrogen-bond acceptors (Lipinski definition) is 6. The van der Waals surface area contributed by atoms with Gasteiger partial charge >= 0.3 is 0 Å². The second kappa shape index (κ2) is 8.02. The molecule has 1 N–H and O–H groups in total. The summed E-state index contributed by atoms with van der Waals surface area (Å²) in [6.07, 6.45) is 0. The van der Waals surface area contributed by atoms with Crippen LogP contribution >= 0.6 is 22.9 Å². The zero-order valence-corrected chi connectivity index (χ0v) is 17.8. The van der Waals surface area contributed by atoms with Crippen molar-refractivity contribution in [2.75, 3.05) is 5.32 Å². The number of nitrogens with one attached hydrogen (secondary N) is 1. The van der Waals surface area contributed by atoms with Crippen molar-refractivity contribution >= 4 is 38.7 Å². The van der Waals surface area contributed by atoms with E-state index >= 15 is 0 Å². The first-order valence-corrected chi connectivity index (χ1v) is 11.6. The first kappa shape index (κ1) is 19.7. The van der Waals surface area contributed by atoms with Crippen LogP contribution in [-0.2, 0) is 9.84 Å². The molecule has 2 aromatic heterocycles. The largest absolute Gasteiger partial charge is 0.418 e. The van der Waals surface area contributed by atoms with E-state index in [1.165, 1.54) is 35.6 Å². The van der Waals surface area contributed by atoms with Crippen LogP contribution in [0, 0.1) is 0 Å². The summed E-state index contributed by atoms with van der Waals surface area (Å²) in [5.74, 6) is 0.370. The highest BCUT2D eigenvalue weighted by molar-refractivity contribution is 7.91. The average molecular weight is 445 g/mol. The highest BCUT2D eigenvalue weighted by Gasteiger charge is 2.29. The predicted molar refractivity (Wildman–Crippen MR) is 115 cm³/mol. The summed E-state index contributed by atoms with van der Waals surface area (Å²) in [6, 6.07) is 19.2. The second-order valence-corrected chi connectivity index (χ2v) is 9.61. The summed E-state index contributed by atoms with van der Waals surface area (Å²) in [7, 11) is -3.91. The minimum Gasteiger partial charge on any atom is -0.418 e. The van der Waals surface area contributed by atoms with Crippen LogP contribution in [0.1, 0.15) is 18.5 Å². The third-order valence-corrected chi connectivity index (χ3v) is 7.14. The molecular weight excluding hydrogens is 428 g/mol. The van der Waals surface area contributed by atoms with Gasteiger partial charge in [0.15, 0.2) is 0 Å². The van der Waals surface area contributed by atoms with Crippen LogP contribution in [0.25, 0.3) is 10.8 Å². The van der Waals surface area contributed by atoms with Crippen LogP contribution in [0.3, 0.4) is 0 Å². The number of oxazole rings is 1. The van der Waals surface area contributed by atoms with Crippen molar-refractivity contribution < 1.29 is 12.8 Å². The van der Waals surface area contributed by atoms with Gasteiger partial charge in [0.25, 0.3) is 0 Å². The van der Waals surface area contributed by atoms with E-state index in [0.717, 1.165) is 10.4 Å². The molecule has 0 radical (unpaired) electrons. The summed E-state index contributed by atoms with van der Waals surface area (Å²) < 4.78 is 32.4. The lowest BCUT2D eigenvalue weighted by Gasteiger charge is -2.14. The Hall–Kier alpha value is -2.61. The zero-order valence-electron chi connectivity index (χ0n) is 15.4. The maximum Gasteiger partial charge on any atom is 0.240 e. The maximum atomic E-state index is 13.3. The fourth-order valence-corrected chi connectivity index (χ4v) is 4.87. The van der Waals surface area contributed by atoms with Crippen LogP contribution < -0.4 is 5.32 Å². The topological polar surface area (TPSA) is 72.2 Å². The Morgan fingerprint density at radius 2 is 1.76 bits per heavy atom. The molecule has 148 valence electrons. The Labute approximate surface area is 177 Å². The lowest BCUT2D eigenvalue weighted by molar-refractivity contribution is 0.571. The molecule has 29 heavy (non-hydrogen) atoms. The molecule has 1 atom stereocenters. The molecule has 0 saturated carbocycles. The normalized spacial score (nSPS) is 12.6. The molecule has 2 aromatic carbocycles. The van der Waals surface area contributed by atoms with Crippen molar-refractivity contribution in [3.63, 3.8) is 0 Å². The highest BCUT2D eigenvalue weighted by Crippen LogP contribution is 2.35. The molecule has 2 heterocycles. The third-order valence-electron chi connectivity index (χ3n) is 4.35. The maximum absolute atomic E-state index is 13.3. The Morgan fingerprint density at radius 3 is 2.41 bits per heavy atom. The van der Waals surface area contributed by atoms with Crippen molar-refractivity contribution in [1.82, 2.24) is 4.98 Å². The quantitative estimate of drug-likeness (QED) is 0.391. The molecule has 0 aliphatic heterocycles. The van der Waals surface area contributed by atoms with E-state index in [0.29, 0.717) is 5.02 Å². The van der Waals surface area contributed by atoms with E-state index in [4.69, 9.17) is 16.0 Å². The summed E-state index contributed by atoms with van der Waals surface area (Å²) in [5.41, 5.74) is 0.997. The van der Waals surface area contributed by atoms with Gasteiger partial charge in [0.1, 0.15) is 0 Å². The Morgan fingerprint density at radius 1 is 1.03 bits per heavy atom. The van der Waals surface area contributed by atoms with Gasteiger partial charge in [0.2, 0.25) is 26.6 Å². The minimum atomic E-state index is -3.91. The predicted octanol–water partition coefficient (Wildman–Crippen LogP) is 6.06. The summed E-state index contributed by atoms with van der Waals surface area (Å²) >= 11 is 7.33. The van der Waals surface area contributed by atoms with Crippen LogP contribution in [0.2, 0.25) is 5.02 Å². The van der Waals surface area contributed by atoms with Gasteiger partial charge in [-0.15, -0.1) is 11.3 Å². The van der Waals surface area contributed by atoms with Gasteiger partial charge in [-0.25, -0.2) is 8.42 Å². The van der Waals surface area contributed by atoms with Gasteiger partial charge in [0, 0.05) is 5.02 Å². The van der Waals surface area contributed by atoms with Crippen LogP contribution in [0.4, 0.5) is 5.88 Å². The van der Waals surface area contributed by atoms with E-state index in [9.17, 15) is 8.42 Å². The number of sulfone groups is 1. The number of rotatable bonds is 6. The number of thiophene rings is 1. The Bertz CT molecular complexity index is 1200. The third kappa shape index (κ3) is 4.07. The van der Waals surface area contributed by atoms with Gasteiger partial charge in [0.05, 0.1) is 15.8 Å². The number of nitrogens with zero attached hydrogens (tertiary/aromatic N) is 1. The van der Waals surface area contributed by atoms with Gasteiger partial charge in [-0.3, -0.25) is 0 Å². The second-order valence-electron chi connectivity index (χ2n) is 6.36. The number of benzene rings is 2. The fourth-order valence-electron chi connectivity index (χ4n) is 2.83. The van der Waals surface area contributed by atoms with Crippen molar-refractivity contribution in [3.05, 3.63) is 82.7 Å². The number of halogens is 1. The number of hydrogen-bond donors (Lipinski definition) is 1. The van der Waals surface area contributed by atoms with Gasteiger partial charge in [-0.1, -0.05) is 48.0 Å². The smallest absolute Gasteiger partial charge is 0.240 e. The standard InChI is InChI=1S/C21H17ClN2O3S2/c1-14(15-6-3-2-4-7-15)23-20-21(24-19(27-20)18-8-5-13-28-18)29(25,26)17-11-9-16(22)10-12-17/h2-14,23H,1H3. The van der Waals surface area contributed by atoms with E-state index in [1.54, 1.807) is 0 Å². The monoisotopic (exact) mass is 444 g/mol. The van der Waals surface area contributed by atoms with E-state index < -0.39 is 9.84 Å². The van der Waals surface area contributed by atoms with Crippen molar-refractivity contribution in [3.8, 4) is 10.8 Å². The van der Waals surface area contributed by atoms with E-state index in [2.05, 4.69) is 10.3 Å². The molecule has 0 spiro atoms. The molecule has 0 amide bonds. The first-order chi connectivity index (χ1) is 13.9. The van der Waals surface area contributed by atoms with Gasteiger partial charge in [-0.05, 0) is 48.2 Å². The molecule has 4 aromatic rings. The lowest BCUT2D eigenvalue weighted by Crippen LogP contribution is -2.10. The zero-order chi connectivity index (χ0) is 20.4. The minimum absolute atomic E-state index is 0.100. The molecule has 0 aliphatic carbocycles. The van der Waals surface area contributed by atoms with Crippen LogP contribution in [0.15, 0.2) is 86.4 Å². The average Bonchev–Trinajstić information content (AvgIpc) is 3.39. The van der Waals surface area contributed by atoms with E-state index in [-0.39, 0.29) is 27.7 Å². The SMILES string of the molecule is CC(Nc1oc(-c2cccs2)nc1S(=O)(=O)c1ccc(Cl)cc1)c1ccccc1. The molecular formula is C21H17ClN2O3S2. The molecule has 5 nitrogen and oxygen atoms in total. The molecule has 1 unspecified atom stereocenters. The summed E-state index contributed by atoms with van der Waals surface area (Å²) in [4.78, 5) is 5.18. The summed E-state index contributed by atoms with van der Waals surface area (Å²) in [6.45, 7) is 1.93. The Balaban J connectivity index is 1.78. The molecule has 4 rings (SSSR count). The van der Waals surface area contributed by atoms with Gasteiger partial charge in [-0.2, -0.15) is 4.98 Å². The Kier molecular flexibility index (Phi) is 5.45. The fraction of sp³-hybridized carbons (Fsp3) is 0.0952. The lowest BCUT2D eigenvalue weighted by atomic mass is 10.1. The van der Waals surface area contributed by atoms with Crippen molar-refractivity contribution in [2.24, 2.45) is 0 Å². The summed E-state index contributed by atoms with van der Waals surface area (Å²) in [5, 5.41) is 5.36. The molecule has 0 saturated heterocycles. The van der Waals surface area contributed by atoms with Crippen LogP contribution in [0.5, 0.6) is 0 Å². The van der Waals surface area contributed by atoms with Crippen LogP contribution in [-0.4, -0.2) is 13.4 Å². The molecule has 0 aliphatic rings.